The third-order valence-electron chi connectivity index (χ3n) is 22.5. The zero-order valence-corrected chi connectivity index (χ0v) is 75.9. The Morgan fingerprint density at radius 1 is 0.417 bits per heavy atom. The molecular formula is C89H91F3N28O8S4. The Hall–Kier alpha value is -13.7. The van der Waals surface area contributed by atoms with Gasteiger partial charge in [-0.15, -0.1) is 45.3 Å². The molecule has 4 aliphatic carbocycles. The van der Waals surface area contributed by atoms with Crippen molar-refractivity contribution in [2.75, 3.05) is 47.7 Å². The van der Waals surface area contributed by atoms with Gasteiger partial charge in [0.25, 0.3) is 23.6 Å². The Balaban J connectivity index is 0.000000123. The normalized spacial score (nSPS) is 17.8. The highest BCUT2D eigenvalue weighted by atomic mass is 32.1. The Morgan fingerprint density at radius 2 is 0.765 bits per heavy atom. The molecule has 132 heavy (non-hydrogen) atoms. The summed E-state index contributed by atoms with van der Waals surface area (Å²) in [6, 6.07) is 21.3. The fourth-order valence-corrected chi connectivity index (χ4v) is 18.8. The van der Waals surface area contributed by atoms with Gasteiger partial charge in [0.15, 0.2) is 0 Å². The first-order valence-electron chi connectivity index (χ1n) is 42.8. The van der Waals surface area contributed by atoms with Crippen LogP contribution in [0.1, 0.15) is 174 Å². The molecule has 0 unspecified atom stereocenters. The number of thiazole rings is 4. The molecule has 16 aromatic rings. The summed E-state index contributed by atoms with van der Waals surface area (Å²) in [4.78, 5) is 87.0. The van der Waals surface area contributed by atoms with Crippen LogP contribution in [0, 0.1) is 27.7 Å². The van der Waals surface area contributed by atoms with E-state index < -0.39 is 17.8 Å². The number of aryl methyl sites for hydroxylation is 4. The van der Waals surface area contributed by atoms with Gasteiger partial charge in [-0.3, -0.25) is 73.3 Å². The van der Waals surface area contributed by atoms with Crippen LogP contribution in [0.25, 0.3) is 87.8 Å². The van der Waals surface area contributed by atoms with Crippen LogP contribution in [-0.4, -0.2) is 194 Å². The van der Waals surface area contributed by atoms with Crippen molar-refractivity contribution in [2.45, 2.75) is 162 Å². The second-order valence-electron chi connectivity index (χ2n) is 31.4. The van der Waals surface area contributed by atoms with Crippen molar-refractivity contribution in [2.24, 2.45) is 0 Å². The van der Waals surface area contributed by atoms with Gasteiger partial charge in [0.2, 0.25) is 0 Å². The summed E-state index contributed by atoms with van der Waals surface area (Å²) in [6.07, 6.45) is 22.3. The van der Waals surface area contributed by atoms with E-state index in [2.05, 4.69) is 107 Å². The molecule has 16 heterocycles. The number of anilines is 4. The Kier molecular flexibility index (Phi) is 27.6. The molecule has 0 bridgehead atoms. The number of nitrogens with one attached hydrogen (secondary N) is 8. The highest BCUT2D eigenvalue weighted by Crippen LogP contribution is 2.44. The second-order valence-corrected chi connectivity index (χ2v) is 34.9. The second kappa shape index (κ2) is 40.4. The zero-order chi connectivity index (χ0) is 91.7. The molecule has 20 rings (SSSR count). The van der Waals surface area contributed by atoms with E-state index in [0.29, 0.717) is 99.7 Å². The van der Waals surface area contributed by atoms with E-state index in [1.165, 1.54) is 57.5 Å². The molecule has 0 aliphatic heterocycles. The zero-order valence-electron chi connectivity index (χ0n) is 72.7. The van der Waals surface area contributed by atoms with Gasteiger partial charge in [0.1, 0.15) is 71.3 Å². The minimum Gasteiger partial charge on any atom is -0.378 e. The van der Waals surface area contributed by atoms with Crippen LogP contribution in [0.2, 0.25) is 0 Å². The number of hydrogen-bond donors (Lipinski definition) is 8. The Morgan fingerprint density at radius 3 is 1.08 bits per heavy atom. The van der Waals surface area contributed by atoms with Crippen molar-refractivity contribution < 1.29 is 51.3 Å². The standard InChI is InChI=1S/C23H25N7O2S.C22H20F3N7O2S.2C22H23N7O2S/c1-4-32-16-9-15(10-16)30-11-18(21(29-30)17-7-5-6-8-24-17)25-22(31)19-12-33-23(26-19)20-13(2)27-28-14(20)3;1-2-34-14-6-13(7-14)32-10-16(19(31-32)15-4-3-5-18(28-15)22(23,24)25)29-20(33)17-11-35-21(30-17)12-8-26-27-9-12;2*1-3-31-15-8-14(9-15)29-11-18(20(28-29)17-6-4-5-7-23-17)25-21(30)19-12-32-22(26-19)16-10-24-27-13(16)2/h5-8,11-12,15-16H,4,9-10H2,1-3H3,(H,25,31)(H,27,28);3-5,8-11,13-14H,2,6-7H2,1H3,(H,26,27)(H,29,33);2*4-7,10-12,14-15H,3,8-9H2,1-2H3,(H,24,27)(H,25,30). The maximum Gasteiger partial charge on any atom is 0.433 e. The number of pyridine rings is 4. The Bertz CT molecular complexity index is 6410. The fourth-order valence-electron chi connectivity index (χ4n) is 15.3. The predicted octanol–water partition coefficient (Wildman–Crippen LogP) is 17.4. The number of aromatic amines is 4. The van der Waals surface area contributed by atoms with E-state index in [0.717, 1.165) is 117 Å². The van der Waals surface area contributed by atoms with Crippen LogP contribution >= 0.6 is 45.3 Å². The maximum atomic E-state index is 13.3. The van der Waals surface area contributed by atoms with Gasteiger partial charge in [-0.1, -0.05) is 24.3 Å². The fraction of sp³-hybridized carbons (Fsp3) is 0.326. The van der Waals surface area contributed by atoms with Crippen molar-refractivity contribution in [3.63, 3.8) is 0 Å². The van der Waals surface area contributed by atoms with Gasteiger partial charge in [-0.25, -0.2) is 24.9 Å². The lowest BCUT2D eigenvalue weighted by Crippen LogP contribution is -2.33. The molecule has 0 aromatic carbocycles. The molecule has 16 aromatic heterocycles. The van der Waals surface area contributed by atoms with Crippen molar-refractivity contribution in [3.05, 3.63) is 214 Å². The molecule has 8 N–H and O–H groups in total. The van der Waals surface area contributed by atoms with Crippen LogP contribution in [0.15, 0.2) is 162 Å². The number of H-pyrrole nitrogens is 4. The maximum absolute atomic E-state index is 13.3. The summed E-state index contributed by atoms with van der Waals surface area (Å²) in [6.45, 7) is 18.4. The predicted molar refractivity (Wildman–Crippen MR) is 491 cm³/mol. The quantitative estimate of drug-likeness (QED) is 0.0226. The van der Waals surface area contributed by atoms with Gasteiger partial charge < -0.3 is 40.2 Å². The lowest BCUT2D eigenvalue weighted by molar-refractivity contribution is -0.141. The van der Waals surface area contributed by atoms with Gasteiger partial charge in [0, 0.05) is 120 Å². The molecule has 0 saturated heterocycles. The third kappa shape index (κ3) is 20.6. The number of hydrogen-bond acceptors (Lipinski definition) is 28. The number of rotatable bonds is 28. The number of amides is 4. The summed E-state index contributed by atoms with van der Waals surface area (Å²) < 4.78 is 69.8. The van der Waals surface area contributed by atoms with Crippen molar-refractivity contribution in [3.8, 4) is 87.8 Å². The van der Waals surface area contributed by atoms with Crippen molar-refractivity contribution in [1.82, 2.24) is 120 Å². The van der Waals surface area contributed by atoms with Crippen LogP contribution in [-0.2, 0) is 25.1 Å². The molecule has 36 nitrogen and oxygen atoms in total. The lowest BCUT2D eigenvalue weighted by atomic mass is 9.89. The molecule has 0 atom stereocenters. The van der Waals surface area contributed by atoms with Crippen LogP contribution < -0.4 is 21.3 Å². The molecule has 4 saturated carbocycles. The van der Waals surface area contributed by atoms with E-state index in [9.17, 15) is 32.3 Å². The number of carbonyl (C=O) groups is 4. The van der Waals surface area contributed by atoms with E-state index in [1.807, 2.05) is 143 Å². The van der Waals surface area contributed by atoms with Crippen molar-refractivity contribution in [1.29, 1.82) is 0 Å². The smallest absolute Gasteiger partial charge is 0.378 e. The number of carbonyl (C=O) groups excluding carboxylic acids is 4. The number of ether oxygens (including phenoxy) is 4. The van der Waals surface area contributed by atoms with Gasteiger partial charge in [0.05, 0.1) is 135 Å². The molecule has 4 fully saturated rings. The molecule has 0 radical (unpaired) electrons. The Labute approximate surface area is 768 Å². The average molecular weight is 1870 g/mol. The number of aromatic nitrogens is 24. The van der Waals surface area contributed by atoms with Crippen molar-refractivity contribution >= 4 is 91.7 Å². The number of halogens is 3. The first-order valence-corrected chi connectivity index (χ1v) is 46.3. The summed E-state index contributed by atoms with van der Waals surface area (Å²) >= 11 is 5.52. The van der Waals surface area contributed by atoms with Crippen LogP contribution in [0.4, 0.5) is 35.9 Å². The highest BCUT2D eigenvalue weighted by Gasteiger charge is 2.39. The van der Waals surface area contributed by atoms with E-state index in [1.54, 1.807) is 75.8 Å². The monoisotopic (exact) mass is 1860 g/mol. The minimum absolute atomic E-state index is 0.00641. The summed E-state index contributed by atoms with van der Waals surface area (Å²) in [5.74, 6) is -1.37. The van der Waals surface area contributed by atoms with E-state index >= 15 is 0 Å². The topological polar surface area (TPSA) is 442 Å². The third-order valence-corrected chi connectivity index (χ3v) is 26.0. The SMILES string of the molecule is CCOC1CC(n2cc(NC(=O)c3csc(-c4c(C)n[nH]c4C)n3)c(-c3ccccn3)n2)C1.CCOC1CC(n2cc(NC(=O)c3csc(-c4cn[nH]c4)n3)c(-c3cccc(C(F)(F)F)n3)n2)C1.CCOC1CC(n2cc(NC(=O)c3csc(-c4cn[nH]c4C)n3)c(-c3ccccn3)n2)C1.CCOC1CC(n2cc(NC(=O)c3csc(-c4cn[nH]c4C)n3)c(-c3ccccn3)n2)C1. The lowest BCUT2D eigenvalue weighted by Gasteiger charge is -2.34. The summed E-state index contributed by atoms with van der Waals surface area (Å²) in [7, 11) is 0. The van der Waals surface area contributed by atoms with Gasteiger partial charge in [-0.2, -0.15) is 54.0 Å². The molecular weight excluding hydrogens is 1770 g/mol. The summed E-state index contributed by atoms with van der Waals surface area (Å²) in [5.41, 5.74) is 13.5. The minimum atomic E-state index is -4.61. The van der Waals surface area contributed by atoms with E-state index in [4.69, 9.17) is 34.2 Å². The average Bonchev–Trinajstić information content (AvgIpc) is 1.64. The van der Waals surface area contributed by atoms with Crippen LogP contribution in [0.3, 0.4) is 0 Å². The number of alkyl halides is 3. The molecule has 43 heteroatoms. The largest absolute Gasteiger partial charge is 0.433 e. The molecule has 680 valence electrons. The van der Waals surface area contributed by atoms with Gasteiger partial charge in [-0.05, 0) is 155 Å². The van der Waals surface area contributed by atoms with E-state index in [-0.39, 0.29) is 89.1 Å². The molecule has 0 spiro atoms. The first kappa shape index (κ1) is 90.3. The van der Waals surface area contributed by atoms with Crippen LogP contribution in [0.5, 0.6) is 0 Å². The number of nitrogens with zero attached hydrogens (tertiary/aromatic N) is 20. The summed E-state index contributed by atoms with van der Waals surface area (Å²) in [5, 5.41) is 67.8. The molecule has 4 amide bonds. The highest BCUT2D eigenvalue weighted by molar-refractivity contribution is 7.14. The molecule has 4 aliphatic rings. The van der Waals surface area contributed by atoms with Gasteiger partial charge >= 0.3 is 6.18 Å². The first-order chi connectivity index (χ1) is 64.1.